The Bertz CT molecular complexity index is 1500. The average molecular weight is 499 g/mol. The molecule has 0 radical (unpaired) electrons. The molecule has 8 heteroatoms. The van der Waals surface area contributed by atoms with Crippen molar-refractivity contribution in [2.75, 3.05) is 7.05 Å². The predicted molar refractivity (Wildman–Crippen MR) is 144 cm³/mol. The van der Waals surface area contributed by atoms with Crippen molar-refractivity contribution in [3.63, 3.8) is 0 Å². The van der Waals surface area contributed by atoms with Crippen LogP contribution < -0.4 is 5.32 Å². The lowest BCUT2D eigenvalue weighted by molar-refractivity contribution is -0.122. The molecule has 0 saturated carbocycles. The van der Waals surface area contributed by atoms with Crippen LogP contribution in [0.15, 0.2) is 81.2 Å². The van der Waals surface area contributed by atoms with Crippen LogP contribution in [0.1, 0.15) is 22.6 Å². The fourth-order valence-corrected chi connectivity index (χ4v) is 5.12. The first kappa shape index (κ1) is 23.7. The van der Waals surface area contributed by atoms with Gasteiger partial charge in [0.05, 0.1) is 23.4 Å². The number of amidine groups is 1. The molecule has 1 aliphatic rings. The maximum absolute atomic E-state index is 13.1. The minimum Gasteiger partial charge on any atom is -0.467 e. The minimum absolute atomic E-state index is 0.0988. The number of thioether (sulfide) groups is 1. The molecule has 2 aromatic heterocycles. The summed E-state index contributed by atoms with van der Waals surface area (Å²) in [5.74, 6) is 0.484. The van der Waals surface area contributed by atoms with Crippen LogP contribution in [0.4, 0.5) is 5.69 Å². The monoisotopic (exact) mass is 498 g/mol. The van der Waals surface area contributed by atoms with Crippen molar-refractivity contribution in [1.82, 2.24) is 14.8 Å². The van der Waals surface area contributed by atoms with Crippen LogP contribution >= 0.6 is 11.8 Å². The number of fused-ring (bicyclic) bond motifs is 1. The molecule has 0 unspecified atom stereocenters. The lowest BCUT2D eigenvalue weighted by Crippen LogP contribution is -2.27. The molecular weight excluding hydrogens is 472 g/mol. The smallest absolute Gasteiger partial charge is 0.266 e. The van der Waals surface area contributed by atoms with E-state index in [0.717, 1.165) is 33.4 Å². The SMILES string of the molecule is Cc1ccc(N=C2S/C(=C/c3c(C)n(CC(=O)NCc4ccco4)c4ccccc34)C(=O)N2C)cc1. The third-order valence-corrected chi connectivity index (χ3v) is 7.22. The first-order chi connectivity index (χ1) is 17.4. The highest BCUT2D eigenvalue weighted by molar-refractivity contribution is 8.18. The summed E-state index contributed by atoms with van der Waals surface area (Å²) in [6.45, 7) is 4.50. The van der Waals surface area contributed by atoms with E-state index in [1.807, 2.05) is 79.1 Å². The summed E-state index contributed by atoms with van der Waals surface area (Å²) < 4.78 is 7.28. The van der Waals surface area contributed by atoms with E-state index >= 15 is 0 Å². The first-order valence-electron chi connectivity index (χ1n) is 11.6. The topological polar surface area (TPSA) is 79.8 Å². The van der Waals surface area contributed by atoms with E-state index in [0.29, 0.717) is 22.4 Å². The molecule has 1 N–H and O–H groups in total. The molecule has 2 amide bonds. The van der Waals surface area contributed by atoms with Crippen molar-refractivity contribution in [3.8, 4) is 0 Å². The minimum atomic E-state index is -0.118. The molecule has 0 aliphatic carbocycles. The number of aromatic nitrogens is 1. The second-order valence-electron chi connectivity index (χ2n) is 8.66. The van der Waals surface area contributed by atoms with Crippen molar-refractivity contribution in [2.24, 2.45) is 4.99 Å². The number of aliphatic imine (C=N–C) groups is 1. The number of carbonyl (C=O) groups is 2. The van der Waals surface area contributed by atoms with E-state index in [1.54, 1.807) is 24.3 Å². The zero-order chi connectivity index (χ0) is 25.2. The lowest BCUT2D eigenvalue weighted by Gasteiger charge is -2.09. The Balaban J connectivity index is 1.44. The molecular formula is C28H26N4O3S. The summed E-state index contributed by atoms with van der Waals surface area (Å²) in [5, 5.41) is 4.52. The Morgan fingerprint density at radius 3 is 2.61 bits per heavy atom. The third-order valence-electron chi connectivity index (χ3n) is 6.16. The first-order valence-corrected chi connectivity index (χ1v) is 12.4. The Morgan fingerprint density at radius 1 is 1.08 bits per heavy atom. The fraction of sp³-hybridized carbons (Fsp3) is 0.179. The maximum atomic E-state index is 13.1. The van der Waals surface area contributed by atoms with Crippen LogP contribution in [0.3, 0.4) is 0 Å². The zero-order valence-electron chi connectivity index (χ0n) is 20.3. The molecule has 0 atom stereocenters. The largest absolute Gasteiger partial charge is 0.467 e. The molecule has 182 valence electrons. The predicted octanol–water partition coefficient (Wildman–Crippen LogP) is 5.40. The molecule has 0 spiro atoms. The summed E-state index contributed by atoms with van der Waals surface area (Å²) >= 11 is 1.36. The van der Waals surface area contributed by atoms with Crippen molar-refractivity contribution in [2.45, 2.75) is 26.9 Å². The number of furan rings is 1. The van der Waals surface area contributed by atoms with Gasteiger partial charge in [0.15, 0.2) is 5.17 Å². The third kappa shape index (κ3) is 4.72. The summed E-state index contributed by atoms with van der Waals surface area (Å²) in [5.41, 5.74) is 4.73. The van der Waals surface area contributed by atoms with E-state index in [1.165, 1.54) is 11.8 Å². The number of amides is 2. The van der Waals surface area contributed by atoms with E-state index in [4.69, 9.17) is 4.42 Å². The van der Waals surface area contributed by atoms with Gasteiger partial charge in [-0.1, -0.05) is 35.9 Å². The number of likely N-dealkylation sites (N-methyl/N-ethyl adjacent to an activating group) is 1. The molecule has 5 rings (SSSR count). The molecule has 2 aromatic carbocycles. The maximum Gasteiger partial charge on any atom is 0.266 e. The molecule has 7 nitrogen and oxygen atoms in total. The quantitative estimate of drug-likeness (QED) is 0.361. The van der Waals surface area contributed by atoms with Gasteiger partial charge < -0.3 is 14.3 Å². The van der Waals surface area contributed by atoms with Gasteiger partial charge in [-0.2, -0.15) is 0 Å². The summed E-state index contributed by atoms with van der Waals surface area (Å²) in [6.07, 6.45) is 3.50. The van der Waals surface area contributed by atoms with Crippen LogP contribution in [0.2, 0.25) is 0 Å². The number of nitrogens with zero attached hydrogens (tertiary/aromatic N) is 3. The van der Waals surface area contributed by atoms with Crippen LogP contribution in [0.5, 0.6) is 0 Å². The number of nitrogens with one attached hydrogen (secondary N) is 1. The molecule has 1 saturated heterocycles. The van der Waals surface area contributed by atoms with Gasteiger partial charge in [0.1, 0.15) is 12.3 Å². The number of aryl methyl sites for hydroxylation is 1. The Morgan fingerprint density at radius 2 is 1.86 bits per heavy atom. The highest BCUT2D eigenvalue weighted by Crippen LogP contribution is 2.36. The summed E-state index contributed by atoms with van der Waals surface area (Å²) in [4.78, 5) is 32.6. The van der Waals surface area contributed by atoms with Gasteiger partial charge in [0, 0.05) is 29.2 Å². The fourth-order valence-electron chi connectivity index (χ4n) is 4.15. The van der Waals surface area contributed by atoms with Crippen LogP contribution in [-0.2, 0) is 22.7 Å². The van der Waals surface area contributed by atoms with Gasteiger partial charge in [0.2, 0.25) is 5.91 Å². The van der Waals surface area contributed by atoms with Crippen molar-refractivity contribution in [3.05, 3.63) is 94.4 Å². The van der Waals surface area contributed by atoms with Crippen molar-refractivity contribution < 1.29 is 14.0 Å². The van der Waals surface area contributed by atoms with Crippen LogP contribution in [-0.4, -0.2) is 33.5 Å². The highest BCUT2D eigenvalue weighted by atomic mass is 32.2. The van der Waals surface area contributed by atoms with Gasteiger partial charge in [-0.3, -0.25) is 14.5 Å². The number of hydrogen-bond donors (Lipinski definition) is 1. The van der Waals surface area contributed by atoms with Gasteiger partial charge in [0.25, 0.3) is 5.91 Å². The van der Waals surface area contributed by atoms with E-state index in [-0.39, 0.29) is 18.4 Å². The standard InChI is InChI=1S/C28H26N4O3S/c1-18-10-12-20(13-11-18)30-28-31(3)27(34)25(36-28)15-23-19(2)32(24-9-5-4-8-22(23)24)17-26(33)29-16-21-7-6-14-35-21/h4-15H,16-17H2,1-3H3,(H,29,33)/b25-15+,30-28?. The normalized spacial score (nSPS) is 16.0. The number of hydrogen-bond acceptors (Lipinski definition) is 5. The van der Waals surface area contributed by atoms with Gasteiger partial charge >= 0.3 is 0 Å². The average Bonchev–Trinajstić information content (AvgIpc) is 3.56. The lowest BCUT2D eigenvalue weighted by atomic mass is 10.1. The van der Waals surface area contributed by atoms with E-state index < -0.39 is 0 Å². The Kier molecular flexibility index (Phi) is 6.52. The van der Waals surface area contributed by atoms with Crippen LogP contribution in [0, 0.1) is 13.8 Å². The molecule has 3 heterocycles. The Hall–Kier alpha value is -4.04. The van der Waals surface area contributed by atoms with Gasteiger partial charge in [-0.15, -0.1) is 0 Å². The highest BCUT2D eigenvalue weighted by Gasteiger charge is 2.31. The Labute approximate surface area is 213 Å². The molecule has 0 bridgehead atoms. The zero-order valence-corrected chi connectivity index (χ0v) is 21.1. The second-order valence-corrected chi connectivity index (χ2v) is 9.67. The number of carbonyl (C=O) groups excluding carboxylic acids is 2. The number of rotatable bonds is 6. The van der Waals surface area contributed by atoms with Crippen molar-refractivity contribution >= 4 is 51.4 Å². The molecule has 4 aromatic rings. The van der Waals surface area contributed by atoms with Crippen LogP contribution in [0.25, 0.3) is 17.0 Å². The molecule has 1 aliphatic heterocycles. The van der Waals surface area contributed by atoms with Crippen molar-refractivity contribution in [1.29, 1.82) is 0 Å². The summed E-state index contributed by atoms with van der Waals surface area (Å²) in [6, 6.07) is 19.4. The van der Waals surface area contributed by atoms with Gasteiger partial charge in [-0.25, -0.2) is 4.99 Å². The van der Waals surface area contributed by atoms with E-state index in [2.05, 4.69) is 10.3 Å². The van der Waals surface area contributed by atoms with E-state index in [9.17, 15) is 9.59 Å². The number of benzene rings is 2. The van der Waals surface area contributed by atoms with Gasteiger partial charge in [-0.05, 0) is 62.0 Å². The summed E-state index contributed by atoms with van der Waals surface area (Å²) in [7, 11) is 1.74. The second kappa shape index (κ2) is 9.91. The number of para-hydroxylation sites is 1. The molecule has 36 heavy (non-hydrogen) atoms. The molecule has 1 fully saturated rings.